The van der Waals surface area contributed by atoms with Crippen LogP contribution in [0.15, 0.2) is 36.4 Å². The Balaban J connectivity index is 2.14. The van der Waals surface area contributed by atoms with Crippen molar-refractivity contribution in [1.82, 2.24) is 0 Å². The molecular weight excluding hydrogens is 285 g/mol. The quantitative estimate of drug-likeness (QED) is 0.827. The number of methoxy groups -OCH3 is 2. The van der Waals surface area contributed by atoms with Crippen LogP contribution in [0, 0.1) is 5.82 Å². The first-order chi connectivity index (χ1) is 10.5. The van der Waals surface area contributed by atoms with Crippen LogP contribution >= 0.6 is 0 Å². The number of halogens is 1. The molecule has 0 amide bonds. The molecule has 0 aliphatic carbocycles. The summed E-state index contributed by atoms with van der Waals surface area (Å²) in [5.41, 5.74) is 1.85. The van der Waals surface area contributed by atoms with Gasteiger partial charge in [0, 0.05) is 17.8 Å². The molecule has 22 heavy (non-hydrogen) atoms. The largest absolute Gasteiger partial charge is 0.493 e. The highest BCUT2D eigenvalue weighted by Crippen LogP contribution is 2.28. The molecule has 5 heteroatoms. The average molecular weight is 303 g/mol. The molecule has 0 spiro atoms. The van der Waals surface area contributed by atoms with Crippen molar-refractivity contribution >= 4 is 11.5 Å². The number of ketones is 1. The predicted octanol–water partition coefficient (Wildman–Crippen LogP) is 3.66. The lowest BCUT2D eigenvalue weighted by Crippen LogP contribution is -2.03. The maximum absolute atomic E-state index is 13.5. The Bertz CT molecular complexity index is 686. The van der Waals surface area contributed by atoms with Crippen molar-refractivity contribution in [2.75, 3.05) is 19.5 Å². The van der Waals surface area contributed by atoms with E-state index < -0.39 is 5.82 Å². The van der Waals surface area contributed by atoms with E-state index in [2.05, 4.69) is 5.32 Å². The first kappa shape index (κ1) is 15.8. The maximum Gasteiger partial charge on any atom is 0.161 e. The minimum atomic E-state index is -0.442. The molecule has 0 atom stereocenters. The van der Waals surface area contributed by atoms with Crippen molar-refractivity contribution in [3.63, 3.8) is 0 Å². The van der Waals surface area contributed by atoms with Crippen LogP contribution in [-0.2, 0) is 6.54 Å². The molecule has 0 fully saturated rings. The van der Waals surface area contributed by atoms with E-state index in [4.69, 9.17) is 9.47 Å². The van der Waals surface area contributed by atoms with Gasteiger partial charge in [-0.1, -0.05) is 6.07 Å². The Morgan fingerprint density at radius 1 is 1.09 bits per heavy atom. The highest BCUT2D eigenvalue weighted by Gasteiger charge is 2.07. The fourth-order valence-electron chi connectivity index (χ4n) is 2.09. The Morgan fingerprint density at radius 2 is 1.82 bits per heavy atom. The number of nitrogens with one attached hydrogen (secondary N) is 1. The predicted molar refractivity (Wildman–Crippen MR) is 83.3 cm³/mol. The standard InChI is InChI=1S/C17H18FNO3/c1-11(20)13-7-14(18)9-15(8-13)19-10-12-4-5-16(21-2)17(6-12)22-3/h4-9,19H,10H2,1-3H3. The van der Waals surface area contributed by atoms with Gasteiger partial charge in [-0.2, -0.15) is 0 Å². The molecule has 1 N–H and O–H groups in total. The molecule has 2 aromatic rings. The number of rotatable bonds is 6. The molecule has 0 saturated carbocycles. The van der Waals surface area contributed by atoms with Crippen LogP contribution in [0.3, 0.4) is 0 Å². The summed E-state index contributed by atoms with van der Waals surface area (Å²) in [5, 5.41) is 3.10. The second-order valence-corrected chi connectivity index (χ2v) is 4.83. The van der Waals surface area contributed by atoms with Gasteiger partial charge in [0.2, 0.25) is 0 Å². The molecule has 0 aromatic heterocycles. The van der Waals surface area contributed by atoms with Gasteiger partial charge in [0.25, 0.3) is 0 Å². The van der Waals surface area contributed by atoms with E-state index in [1.165, 1.54) is 19.1 Å². The highest BCUT2D eigenvalue weighted by atomic mass is 19.1. The first-order valence-corrected chi connectivity index (χ1v) is 6.80. The Morgan fingerprint density at radius 3 is 2.45 bits per heavy atom. The fourth-order valence-corrected chi connectivity index (χ4v) is 2.09. The summed E-state index contributed by atoms with van der Waals surface area (Å²) in [6, 6.07) is 9.75. The minimum Gasteiger partial charge on any atom is -0.493 e. The molecule has 116 valence electrons. The summed E-state index contributed by atoms with van der Waals surface area (Å²) in [6.45, 7) is 1.88. The third kappa shape index (κ3) is 3.75. The molecule has 0 heterocycles. The minimum absolute atomic E-state index is 0.173. The monoisotopic (exact) mass is 303 g/mol. The van der Waals surface area contributed by atoms with Crippen molar-refractivity contribution in [2.45, 2.75) is 13.5 Å². The van der Waals surface area contributed by atoms with E-state index in [0.29, 0.717) is 29.3 Å². The Kier molecular flexibility index (Phi) is 4.99. The molecule has 2 rings (SSSR count). The maximum atomic E-state index is 13.5. The average Bonchev–Trinajstić information content (AvgIpc) is 2.52. The number of hydrogen-bond donors (Lipinski definition) is 1. The van der Waals surface area contributed by atoms with Gasteiger partial charge >= 0.3 is 0 Å². The molecule has 0 unspecified atom stereocenters. The van der Waals surface area contributed by atoms with Crippen molar-refractivity contribution < 1.29 is 18.7 Å². The van der Waals surface area contributed by atoms with E-state index in [1.54, 1.807) is 20.3 Å². The van der Waals surface area contributed by atoms with E-state index in [-0.39, 0.29) is 5.78 Å². The third-order valence-corrected chi connectivity index (χ3v) is 3.25. The lowest BCUT2D eigenvalue weighted by molar-refractivity contribution is 0.101. The number of benzene rings is 2. The van der Waals surface area contributed by atoms with E-state index in [0.717, 1.165) is 5.56 Å². The van der Waals surface area contributed by atoms with Gasteiger partial charge in [-0.05, 0) is 42.8 Å². The van der Waals surface area contributed by atoms with Gasteiger partial charge in [-0.3, -0.25) is 4.79 Å². The van der Waals surface area contributed by atoms with E-state index >= 15 is 0 Å². The molecule has 0 bridgehead atoms. The second kappa shape index (κ2) is 6.93. The van der Waals surface area contributed by atoms with Gasteiger partial charge in [-0.15, -0.1) is 0 Å². The van der Waals surface area contributed by atoms with Crippen LogP contribution in [-0.4, -0.2) is 20.0 Å². The van der Waals surface area contributed by atoms with Gasteiger partial charge in [0.1, 0.15) is 5.82 Å². The van der Waals surface area contributed by atoms with Crippen LogP contribution in [0.4, 0.5) is 10.1 Å². The highest BCUT2D eigenvalue weighted by molar-refractivity contribution is 5.95. The van der Waals surface area contributed by atoms with Crippen molar-refractivity contribution in [3.05, 3.63) is 53.3 Å². The molecule has 0 radical (unpaired) electrons. The van der Waals surface area contributed by atoms with E-state index in [9.17, 15) is 9.18 Å². The first-order valence-electron chi connectivity index (χ1n) is 6.80. The number of hydrogen-bond acceptors (Lipinski definition) is 4. The smallest absolute Gasteiger partial charge is 0.161 e. The molecule has 0 aliphatic heterocycles. The summed E-state index contributed by atoms with van der Waals surface area (Å²) in [5.74, 6) is 0.664. The molecule has 2 aromatic carbocycles. The Hall–Kier alpha value is -2.56. The number of carbonyl (C=O) groups excluding carboxylic acids is 1. The second-order valence-electron chi connectivity index (χ2n) is 4.83. The fraction of sp³-hybridized carbons (Fsp3) is 0.235. The van der Waals surface area contributed by atoms with Gasteiger partial charge in [0.15, 0.2) is 17.3 Å². The zero-order chi connectivity index (χ0) is 16.1. The lowest BCUT2D eigenvalue weighted by Gasteiger charge is -2.11. The third-order valence-electron chi connectivity index (χ3n) is 3.25. The lowest BCUT2D eigenvalue weighted by atomic mass is 10.1. The summed E-state index contributed by atoms with van der Waals surface area (Å²) >= 11 is 0. The van der Waals surface area contributed by atoms with Gasteiger partial charge in [-0.25, -0.2) is 4.39 Å². The Labute approximate surface area is 128 Å². The topological polar surface area (TPSA) is 47.6 Å². The summed E-state index contributed by atoms with van der Waals surface area (Å²) < 4.78 is 23.9. The van der Waals surface area contributed by atoms with Crippen molar-refractivity contribution in [2.24, 2.45) is 0 Å². The summed E-state index contributed by atoms with van der Waals surface area (Å²) in [7, 11) is 3.15. The summed E-state index contributed by atoms with van der Waals surface area (Å²) in [6.07, 6.45) is 0. The zero-order valence-electron chi connectivity index (χ0n) is 12.8. The van der Waals surface area contributed by atoms with Crippen molar-refractivity contribution in [3.8, 4) is 11.5 Å². The molecule has 4 nitrogen and oxygen atoms in total. The van der Waals surface area contributed by atoms with Crippen LogP contribution in [0.25, 0.3) is 0 Å². The number of Topliss-reactive ketones (excluding diaryl/α,β-unsaturated/α-hetero) is 1. The number of ether oxygens (including phenoxy) is 2. The normalized spacial score (nSPS) is 10.2. The molecular formula is C17H18FNO3. The van der Waals surface area contributed by atoms with Crippen LogP contribution in [0.5, 0.6) is 11.5 Å². The SMILES string of the molecule is COc1ccc(CNc2cc(F)cc(C(C)=O)c2)cc1OC. The van der Waals surface area contributed by atoms with Crippen molar-refractivity contribution in [1.29, 1.82) is 0 Å². The van der Waals surface area contributed by atoms with Gasteiger partial charge < -0.3 is 14.8 Å². The van der Waals surface area contributed by atoms with E-state index in [1.807, 2.05) is 18.2 Å². The van der Waals surface area contributed by atoms with Crippen LogP contribution in [0.2, 0.25) is 0 Å². The van der Waals surface area contributed by atoms with Crippen LogP contribution < -0.4 is 14.8 Å². The number of carbonyl (C=O) groups is 1. The van der Waals surface area contributed by atoms with Crippen LogP contribution in [0.1, 0.15) is 22.8 Å². The zero-order valence-corrected chi connectivity index (χ0v) is 12.8. The molecule has 0 aliphatic rings. The summed E-state index contributed by atoms with van der Waals surface area (Å²) in [4.78, 5) is 11.4. The molecule has 0 saturated heterocycles. The van der Waals surface area contributed by atoms with Gasteiger partial charge in [0.05, 0.1) is 14.2 Å². The number of anilines is 1.